The molecule has 2 aromatic rings. The second-order valence-corrected chi connectivity index (χ2v) is 6.56. The van der Waals surface area contributed by atoms with Gasteiger partial charge in [-0.2, -0.15) is 19.3 Å². The first-order valence-electron chi connectivity index (χ1n) is 7.14. The van der Waals surface area contributed by atoms with Gasteiger partial charge in [-0.1, -0.05) is 6.58 Å². The summed E-state index contributed by atoms with van der Waals surface area (Å²) >= 11 is 0.114. The van der Waals surface area contributed by atoms with E-state index in [9.17, 15) is 23.5 Å². The Morgan fingerprint density at radius 2 is 1.92 bits per heavy atom. The highest BCUT2D eigenvalue weighted by Gasteiger charge is 2.60. The molecule has 1 unspecified atom stereocenters. The Bertz CT molecular complexity index is 1010. The van der Waals surface area contributed by atoms with E-state index >= 15 is 0 Å². The Kier molecular flexibility index (Phi) is 4.19. The topological polar surface area (TPSA) is 77.0 Å². The van der Waals surface area contributed by atoms with Crippen LogP contribution in [0.4, 0.5) is 13.2 Å². The van der Waals surface area contributed by atoms with Crippen LogP contribution in [0.15, 0.2) is 47.9 Å². The van der Waals surface area contributed by atoms with Crippen LogP contribution in [0.3, 0.4) is 0 Å². The van der Waals surface area contributed by atoms with E-state index in [1.165, 1.54) is 18.2 Å². The minimum absolute atomic E-state index is 0.00986. The van der Waals surface area contributed by atoms with Gasteiger partial charge in [-0.05, 0) is 42.1 Å². The highest BCUT2D eigenvalue weighted by molar-refractivity contribution is 8.00. The highest BCUT2D eigenvalue weighted by atomic mass is 32.2. The minimum Gasteiger partial charge on any atom is -0.456 e. The molecule has 0 aliphatic carbocycles. The molecule has 0 amide bonds. The smallest absolute Gasteiger partial charge is 0.334 e. The largest absolute Gasteiger partial charge is 0.456 e. The molecule has 0 saturated heterocycles. The quantitative estimate of drug-likeness (QED) is 0.804. The predicted octanol–water partition coefficient (Wildman–Crippen LogP) is 4.43. The van der Waals surface area contributed by atoms with Crippen molar-refractivity contribution in [3.63, 3.8) is 0 Å². The number of nitriles is 2. The summed E-state index contributed by atoms with van der Waals surface area (Å²) in [5.74, 6) is -0.972. The van der Waals surface area contributed by atoms with E-state index < -0.39 is 16.7 Å². The van der Waals surface area contributed by atoms with Crippen LogP contribution in [0.5, 0.6) is 11.5 Å². The van der Waals surface area contributed by atoms with Gasteiger partial charge >= 0.3 is 5.25 Å². The summed E-state index contributed by atoms with van der Waals surface area (Å²) in [5.41, 5.74) is -3.40. The first kappa shape index (κ1) is 17.9. The molecule has 0 bridgehead atoms. The van der Waals surface area contributed by atoms with E-state index in [1.54, 1.807) is 12.1 Å². The molecule has 0 aromatic heterocycles. The van der Waals surface area contributed by atoms with Gasteiger partial charge in [0.25, 0.3) is 0 Å². The fourth-order valence-corrected chi connectivity index (χ4v) is 3.73. The van der Waals surface area contributed by atoms with Crippen molar-refractivity contribution in [1.82, 2.24) is 0 Å². The van der Waals surface area contributed by atoms with Crippen LogP contribution in [-0.4, -0.2) is 10.4 Å². The summed E-state index contributed by atoms with van der Waals surface area (Å²) < 4.78 is 47.4. The highest BCUT2D eigenvalue weighted by Crippen LogP contribution is 2.60. The van der Waals surface area contributed by atoms with Gasteiger partial charge in [-0.3, -0.25) is 0 Å². The Labute approximate surface area is 150 Å². The molecule has 0 spiro atoms. The molecule has 1 aliphatic rings. The number of benzene rings is 2. The molecule has 3 rings (SSSR count). The van der Waals surface area contributed by atoms with E-state index in [0.717, 1.165) is 12.1 Å². The SMILES string of the molecule is C=CC1(O)c2c(ccc(Oc3cc(F)cc(C#N)c3)c2C#N)SC1(F)F. The summed E-state index contributed by atoms with van der Waals surface area (Å²) in [5, 5.41) is 25.1. The number of fused-ring (bicyclic) bond motifs is 1. The molecule has 8 heteroatoms. The maximum Gasteiger partial charge on any atom is 0.334 e. The van der Waals surface area contributed by atoms with Crippen molar-refractivity contribution in [2.45, 2.75) is 15.8 Å². The van der Waals surface area contributed by atoms with Crippen LogP contribution in [0.2, 0.25) is 0 Å². The third-order valence-corrected chi connectivity index (χ3v) is 4.95. The van der Waals surface area contributed by atoms with Crippen molar-refractivity contribution in [2.24, 2.45) is 0 Å². The summed E-state index contributed by atoms with van der Waals surface area (Å²) in [6.45, 7) is 3.25. The lowest BCUT2D eigenvalue weighted by molar-refractivity contribution is -0.0886. The third-order valence-electron chi connectivity index (χ3n) is 3.83. The average Bonchev–Trinajstić information content (AvgIpc) is 2.81. The van der Waals surface area contributed by atoms with Gasteiger partial charge in [-0.15, -0.1) is 0 Å². The van der Waals surface area contributed by atoms with Gasteiger partial charge in [0.1, 0.15) is 28.9 Å². The fourth-order valence-electron chi connectivity index (χ4n) is 2.62. The number of thioether (sulfide) groups is 1. The van der Waals surface area contributed by atoms with Gasteiger partial charge in [0, 0.05) is 16.5 Å². The minimum atomic E-state index is -3.62. The van der Waals surface area contributed by atoms with Crippen molar-refractivity contribution >= 4 is 11.8 Å². The number of halogens is 3. The van der Waals surface area contributed by atoms with Crippen molar-refractivity contribution in [1.29, 1.82) is 10.5 Å². The molecule has 1 atom stereocenters. The van der Waals surface area contributed by atoms with Crippen LogP contribution in [0.25, 0.3) is 0 Å². The zero-order valence-electron chi connectivity index (χ0n) is 13.0. The monoisotopic (exact) mass is 374 g/mol. The molecule has 1 aliphatic heterocycles. The third kappa shape index (κ3) is 2.60. The van der Waals surface area contributed by atoms with Crippen LogP contribution >= 0.6 is 11.8 Å². The van der Waals surface area contributed by atoms with Crippen molar-refractivity contribution < 1.29 is 23.0 Å². The van der Waals surface area contributed by atoms with Gasteiger partial charge in [0.15, 0.2) is 5.60 Å². The summed E-state index contributed by atoms with van der Waals surface area (Å²) in [7, 11) is 0. The zero-order chi connectivity index (χ0) is 19.1. The molecular formula is C18H9F3N2O2S. The lowest BCUT2D eigenvalue weighted by atomic mass is 9.90. The van der Waals surface area contributed by atoms with Gasteiger partial charge in [-0.25, -0.2) is 4.39 Å². The van der Waals surface area contributed by atoms with Crippen molar-refractivity contribution in [2.75, 3.05) is 0 Å². The predicted molar refractivity (Wildman–Crippen MR) is 87.2 cm³/mol. The number of ether oxygens (including phenoxy) is 1. The van der Waals surface area contributed by atoms with Crippen molar-refractivity contribution in [3.8, 4) is 23.6 Å². The van der Waals surface area contributed by atoms with Crippen LogP contribution < -0.4 is 4.74 Å². The first-order chi connectivity index (χ1) is 12.3. The van der Waals surface area contributed by atoms with Crippen LogP contribution in [0, 0.1) is 28.5 Å². The maximum absolute atomic E-state index is 14.2. The Morgan fingerprint density at radius 1 is 1.19 bits per heavy atom. The average molecular weight is 374 g/mol. The van der Waals surface area contributed by atoms with Crippen LogP contribution in [-0.2, 0) is 5.60 Å². The van der Waals surface area contributed by atoms with E-state index in [4.69, 9.17) is 10.00 Å². The molecule has 0 radical (unpaired) electrons. The molecule has 4 nitrogen and oxygen atoms in total. The van der Waals surface area contributed by atoms with E-state index in [-0.39, 0.29) is 44.8 Å². The van der Waals surface area contributed by atoms with E-state index in [2.05, 4.69) is 6.58 Å². The van der Waals surface area contributed by atoms with Gasteiger partial charge in [0.05, 0.1) is 11.6 Å². The molecule has 0 fully saturated rings. The van der Waals surface area contributed by atoms with E-state index in [0.29, 0.717) is 6.08 Å². The number of nitrogens with zero attached hydrogens (tertiary/aromatic N) is 2. The Balaban J connectivity index is 2.15. The van der Waals surface area contributed by atoms with Gasteiger partial charge in [0.2, 0.25) is 0 Å². The van der Waals surface area contributed by atoms with Crippen LogP contribution in [0.1, 0.15) is 16.7 Å². The molecule has 130 valence electrons. The molecule has 0 saturated carbocycles. The lowest BCUT2D eigenvalue weighted by Crippen LogP contribution is -2.37. The maximum atomic E-state index is 14.2. The normalized spacial score (nSPS) is 19.9. The van der Waals surface area contributed by atoms with E-state index in [1.807, 2.05) is 0 Å². The molecule has 1 N–H and O–H groups in total. The number of aliphatic hydroxyl groups is 1. The lowest BCUT2D eigenvalue weighted by Gasteiger charge is -2.26. The molecular weight excluding hydrogens is 365 g/mol. The Morgan fingerprint density at radius 3 is 2.54 bits per heavy atom. The Hall–Kier alpha value is -2.94. The standard InChI is InChI=1S/C18H9F3N2O2S/c1-2-17(24)16-13(9-23)14(3-4-15(16)26-18(17,20)21)25-12-6-10(8-22)5-11(19)7-12/h2-7,24H,1H2. The summed E-state index contributed by atoms with van der Waals surface area (Å²) in [6.07, 6.45) is 0.673. The molecule has 2 aromatic carbocycles. The number of hydrogen-bond acceptors (Lipinski definition) is 5. The first-order valence-corrected chi connectivity index (χ1v) is 7.96. The number of rotatable bonds is 3. The second kappa shape index (κ2) is 6.10. The van der Waals surface area contributed by atoms with Gasteiger partial charge < -0.3 is 9.84 Å². The second-order valence-electron chi connectivity index (χ2n) is 5.40. The fraction of sp³-hybridized carbons (Fsp3) is 0.111. The summed E-state index contributed by atoms with van der Waals surface area (Å²) in [6, 6.07) is 9.26. The number of hydrogen-bond donors (Lipinski definition) is 1. The zero-order valence-corrected chi connectivity index (χ0v) is 13.8. The van der Waals surface area contributed by atoms with Crippen molar-refractivity contribution in [3.05, 3.63) is 65.5 Å². The molecule has 26 heavy (non-hydrogen) atoms. The summed E-state index contributed by atoms with van der Waals surface area (Å²) in [4.78, 5) is 0.0123. The number of alkyl halides is 2. The molecule has 1 heterocycles.